The van der Waals surface area contributed by atoms with E-state index in [0.29, 0.717) is 0 Å². The molecule has 3 nitrogen and oxygen atoms in total. The molecule has 1 aliphatic rings. The van der Waals surface area contributed by atoms with Crippen LogP contribution in [-0.2, 0) is 4.79 Å². The van der Waals surface area contributed by atoms with Crippen molar-refractivity contribution < 1.29 is 9.90 Å². The minimum absolute atomic E-state index is 0.160. The molecule has 0 aromatic carbocycles. The third kappa shape index (κ3) is 1.99. The summed E-state index contributed by atoms with van der Waals surface area (Å²) in [6.45, 7) is 5.96. The fourth-order valence-corrected chi connectivity index (χ4v) is 3.15. The lowest BCUT2D eigenvalue weighted by Crippen LogP contribution is -2.58. The summed E-state index contributed by atoms with van der Waals surface area (Å²) in [6.07, 6.45) is 0.729. The van der Waals surface area contributed by atoms with Crippen LogP contribution >= 0.6 is 11.8 Å². The lowest BCUT2D eigenvalue weighted by Gasteiger charge is -2.31. The molecule has 2 N–H and O–H groups in total. The first-order chi connectivity index (χ1) is 5.99. The molecular formula is C9H17NO2S. The van der Waals surface area contributed by atoms with Gasteiger partial charge in [0.1, 0.15) is 5.54 Å². The molecule has 0 spiro atoms. The van der Waals surface area contributed by atoms with Gasteiger partial charge < -0.3 is 5.11 Å². The third-order valence-corrected chi connectivity index (χ3v) is 3.83. The fourth-order valence-electron chi connectivity index (χ4n) is 1.79. The average molecular weight is 203 g/mol. The molecule has 2 unspecified atom stereocenters. The van der Waals surface area contributed by atoms with E-state index in [1.807, 2.05) is 20.8 Å². The van der Waals surface area contributed by atoms with E-state index in [0.717, 1.165) is 12.2 Å². The van der Waals surface area contributed by atoms with Crippen molar-refractivity contribution in [1.82, 2.24) is 5.32 Å². The largest absolute Gasteiger partial charge is 0.480 e. The fraction of sp³-hybridized carbons (Fsp3) is 0.889. The molecule has 1 saturated heterocycles. The maximum Gasteiger partial charge on any atom is 0.325 e. The molecule has 0 aromatic rings. The Hall–Kier alpha value is -0.220. The van der Waals surface area contributed by atoms with Crippen LogP contribution in [0.1, 0.15) is 27.2 Å². The molecule has 2 atom stereocenters. The van der Waals surface area contributed by atoms with Crippen LogP contribution in [0.25, 0.3) is 0 Å². The van der Waals surface area contributed by atoms with E-state index >= 15 is 0 Å². The van der Waals surface area contributed by atoms with Crippen LogP contribution in [0.15, 0.2) is 0 Å². The highest BCUT2D eigenvalue weighted by Gasteiger charge is 2.47. The summed E-state index contributed by atoms with van der Waals surface area (Å²) in [4.78, 5) is 11.2. The molecule has 1 heterocycles. The number of hydrogen-bond acceptors (Lipinski definition) is 3. The summed E-state index contributed by atoms with van der Waals surface area (Å²) in [5.41, 5.74) is -0.696. The summed E-state index contributed by atoms with van der Waals surface area (Å²) >= 11 is 1.73. The Morgan fingerprint density at radius 2 is 2.31 bits per heavy atom. The highest BCUT2D eigenvalue weighted by molar-refractivity contribution is 8.00. The molecule has 13 heavy (non-hydrogen) atoms. The van der Waals surface area contributed by atoms with Crippen molar-refractivity contribution in [3.05, 3.63) is 0 Å². The molecule has 0 saturated carbocycles. The lowest BCUT2D eigenvalue weighted by molar-refractivity contribution is -0.145. The molecule has 4 heteroatoms. The highest BCUT2D eigenvalue weighted by Crippen LogP contribution is 2.36. The van der Waals surface area contributed by atoms with Gasteiger partial charge in [0, 0.05) is 11.3 Å². The Kier molecular flexibility index (Phi) is 3.24. The molecule has 76 valence electrons. The first kappa shape index (κ1) is 10.9. The number of nitrogens with one attached hydrogen (secondary N) is 1. The Labute approximate surface area is 83.3 Å². The van der Waals surface area contributed by atoms with Gasteiger partial charge in [0.25, 0.3) is 0 Å². The molecule has 1 fully saturated rings. The number of carboxylic acid groups (broad SMARTS) is 1. The molecule has 0 aliphatic carbocycles. The number of thioether (sulfide) groups is 1. The van der Waals surface area contributed by atoms with E-state index < -0.39 is 11.5 Å². The van der Waals surface area contributed by atoms with Crippen molar-refractivity contribution in [2.24, 2.45) is 0 Å². The van der Waals surface area contributed by atoms with Crippen molar-refractivity contribution in [2.45, 2.75) is 44.0 Å². The Morgan fingerprint density at radius 3 is 2.62 bits per heavy atom. The standard InChI is InChI=1S/C9H17NO2S/c1-6(2)10-9(8(11)12)4-5-13-7(9)3/h6-7,10H,4-5H2,1-3H3,(H,11,12). The Bertz CT molecular complexity index is 208. The van der Waals surface area contributed by atoms with Crippen molar-refractivity contribution in [3.8, 4) is 0 Å². The van der Waals surface area contributed by atoms with E-state index in [-0.39, 0.29) is 11.3 Å². The predicted molar refractivity (Wildman–Crippen MR) is 55.2 cm³/mol. The van der Waals surface area contributed by atoms with Gasteiger partial charge in [-0.1, -0.05) is 6.92 Å². The van der Waals surface area contributed by atoms with Gasteiger partial charge in [-0.3, -0.25) is 10.1 Å². The summed E-state index contributed by atoms with van der Waals surface area (Å²) in [6, 6.07) is 0.220. The molecule has 1 aliphatic heterocycles. The van der Waals surface area contributed by atoms with Crippen LogP contribution in [0.3, 0.4) is 0 Å². The molecule has 0 aromatic heterocycles. The monoisotopic (exact) mass is 203 g/mol. The molecular weight excluding hydrogens is 186 g/mol. The minimum Gasteiger partial charge on any atom is -0.480 e. The van der Waals surface area contributed by atoms with E-state index in [9.17, 15) is 9.90 Å². The summed E-state index contributed by atoms with van der Waals surface area (Å²) in [7, 11) is 0. The van der Waals surface area contributed by atoms with Crippen LogP contribution in [0.4, 0.5) is 0 Å². The smallest absolute Gasteiger partial charge is 0.325 e. The predicted octanol–water partition coefficient (Wildman–Crippen LogP) is 1.33. The molecule has 0 bridgehead atoms. The van der Waals surface area contributed by atoms with E-state index in [1.165, 1.54) is 0 Å². The van der Waals surface area contributed by atoms with Gasteiger partial charge >= 0.3 is 5.97 Å². The van der Waals surface area contributed by atoms with Gasteiger partial charge in [0.2, 0.25) is 0 Å². The maximum atomic E-state index is 11.2. The lowest BCUT2D eigenvalue weighted by atomic mass is 9.92. The second-order valence-corrected chi connectivity index (χ2v) is 5.29. The topological polar surface area (TPSA) is 49.3 Å². The van der Waals surface area contributed by atoms with Crippen molar-refractivity contribution >= 4 is 17.7 Å². The SMILES string of the molecule is CC(C)NC1(C(=O)O)CCSC1C. The van der Waals surface area contributed by atoms with Crippen molar-refractivity contribution in [3.63, 3.8) is 0 Å². The maximum absolute atomic E-state index is 11.2. The summed E-state index contributed by atoms with van der Waals surface area (Å²) in [5, 5.41) is 12.6. The van der Waals surface area contributed by atoms with Crippen LogP contribution in [0, 0.1) is 0 Å². The van der Waals surface area contributed by atoms with Gasteiger partial charge in [-0.2, -0.15) is 11.8 Å². The second-order valence-electron chi connectivity index (χ2n) is 3.84. The zero-order valence-corrected chi connectivity index (χ0v) is 9.15. The van der Waals surface area contributed by atoms with Gasteiger partial charge in [0.05, 0.1) is 0 Å². The highest BCUT2D eigenvalue weighted by atomic mass is 32.2. The Morgan fingerprint density at radius 1 is 1.69 bits per heavy atom. The molecule has 0 radical (unpaired) electrons. The first-order valence-corrected chi connectivity index (χ1v) is 5.66. The van der Waals surface area contributed by atoms with Gasteiger partial charge in [-0.25, -0.2) is 0 Å². The average Bonchev–Trinajstić information content (AvgIpc) is 2.32. The minimum atomic E-state index is -0.710. The number of hydrogen-bond donors (Lipinski definition) is 2. The van der Waals surface area contributed by atoms with Gasteiger partial charge in [0.15, 0.2) is 0 Å². The third-order valence-electron chi connectivity index (χ3n) is 2.49. The number of carbonyl (C=O) groups is 1. The van der Waals surface area contributed by atoms with E-state index in [4.69, 9.17) is 0 Å². The molecule has 0 amide bonds. The Balaban J connectivity index is 2.80. The number of rotatable bonds is 3. The summed E-state index contributed by atoms with van der Waals surface area (Å²) < 4.78 is 0. The zero-order chi connectivity index (χ0) is 10.1. The van der Waals surface area contributed by atoms with E-state index in [1.54, 1.807) is 11.8 Å². The number of carboxylic acids is 1. The van der Waals surface area contributed by atoms with Crippen LogP contribution in [0.5, 0.6) is 0 Å². The van der Waals surface area contributed by atoms with Gasteiger partial charge in [-0.15, -0.1) is 0 Å². The van der Waals surface area contributed by atoms with Crippen molar-refractivity contribution in [1.29, 1.82) is 0 Å². The van der Waals surface area contributed by atoms with Crippen LogP contribution in [0.2, 0.25) is 0 Å². The summed E-state index contributed by atoms with van der Waals surface area (Å²) in [5.74, 6) is 0.228. The van der Waals surface area contributed by atoms with Gasteiger partial charge in [-0.05, 0) is 26.0 Å². The van der Waals surface area contributed by atoms with E-state index in [2.05, 4.69) is 5.32 Å². The number of aliphatic carboxylic acids is 1. The van der Waals surface area contributed by atoms with Crippen LogP contribution in [-0.4, -0.2) is 33.7 Å². The molecule has 1 rings (SSSR count). The van der Waals surface area contributed by atoms with Crippen molar-refractivity contribution in [2.75, 3.05) is 5.75 Å². The zero-order valence-electron chi connectivity index (χ0n) is 8.33. The quantitative estimate of drug-likeness (QED) is 0.726. The second kappa shape index (κ2) is 3.88. The van der Waals surface area contributed by atoms with Crippen LogP contribution < -0.4 is 5.32 Å². The normalized spacial score (nSPS) is 34.0. The first-order valence-electron chi connectivity index (χ1n) is 4.62.